The van der Waals surface area contributed by atoms with Crippen molar-refractivity contribution in [3.8, 4) is 0 Å². The van der Waals surface area contributed by atoms with Crippen molar-refractivity contribution in [1.82, 2.24) is 0 Å². The maximum absolute atomic E-state index is 11.4. The second kappa shape index (κ2) is 7.16. The maximum atomic E-state index is 11.4. The molecule has 0 amide bonds. The molecule has 0 saturated carbocycles. The molecule has 3 heteroatoms. The number of esters is 1. The topological polar surface area (TPSA) is 26.3 Å². The molecule has 0 N–H and O–H groups in total. The van der Waals surface area contributed by atoms with E-state index in [1.165, 1.54) is 0 Å². The number of carbonyl (C=O) groups is 1. The Hall–Kier alpha value is -0.180. The molecule has 0 aliphatic carbocycles. The molecule has 0 aromatic heterocycles. The van der Waals surface area contributed by atoms with Crippen molar-refractivity contribution in [3.63, 3.8) is 0 Å². The van der Waals surface area contributed by atoms with Crippen LogP contribution in [0.1, 0.15) is 45.4 Å². The van der Waals surface area contributed by atoms with Crippen LogP contribution in [0.3, 0.4) is 0 Å². The van der Waals surface area contributed by atoms with Crippen molar-refractivity contribution in [3.05, 3.63) is 0 Å². The highest BCUT2D eigenvalue weighted by Gasteiger charge is 2.17. The first kappa shape index (κ1) is 11.9. The van der Waals surface area contributed by atoms with Crippen LogP contribution < -0.4 is 0 Å². The summed E-state index contributed by atoms with van der Waals surface area (Å²) in [6, 6.07) is 0. The lowest BCUT2D eigenvalue weighted by atomic mass is 10.2. The lowest BCUT2D eigenvalue weighted by Gasteiger charge is -2.21. The molecule has 0 bridgehead atoms. The van der Waals surface area contributed by atoms with E-state index < -0.39 is 0 Å². The van der Waals surface area contributed by atoms with Gasteiger partial charge in [-0.15, -0.1) is 0 Å². The van der Waals surface area contributed by atoms with Gasteiger partial charge in [-0.3, -0.25) is 4.79 Å². The van der Waals surface area contributed by atoms with E-state index in [9.17, 15) is 4.79 Å². The van der Waals surface area contributed by atoms with Crippen molar-refractivity contribution in [1.29, 1.82) is 0 Å². The van der Waals surface area contributed by atoms with Crippen molar-refractivity contribution >= 4 is 17.7 Å². The average Bonchev–Trinajstić information content (AvgIpc) is 2.20. The van der Waals surface area contributed by atoms with Gasteiger partial charge in [0.1, 0.15) is 6.10 Å². The molecule has 2 nitrogen and oxygen atoms in total. The molecule has 0 aromatic rings. The van der Waals surface area contributed by atoms with E-state index in [-0.39, 0.29) is 12.1 Å². The summed E-state index contributed by atoms with van der Waals surface area (Å²) in [6.45, 7) is 2.14. The third-order valence-corrected chi connectivity index (χ3v) is 3.50. The molecule has 0 radical (unpaired) electrons. The first-order valence-corrected chi connectivity index (χ1v) is 6.75. The molecule has 1 saturated heterocycles. The van der Waals surface area contributed by atoms with Gasteiger partial charge in [-0.1, -0.05) is 19.8 Å². The van der Waals surface area contributed by atoms with Gasteiger partial charge in [0.15, 0.2) is 0 Å². The number of hydrogen-bond donors (Lipinski definition) is 0. The number of carbonyl (C=O) groups excluding carboxylic acids is 1. The Kier molecular flexibility index (Phi) is 6.08. The monoisotopic (exact) mass is 216 g/mol. The fourth-order valence-electron chi connectivity index (χ4n) is 1.56. The normalized spacial score (nSPS) is 18.1. The lowest BCUT2D eigenvalue weighted by molar-refractivity contribution is -0.149. The SMILES string of the molecule is CCCCCC(=O)OC1CCSCC1. The number of ether oxygens (including phenoxy) is 1. The average molecular weight is 216 g/mol. The van der Waals surface area contributed by atoms with Gasteiger partial charge < -0.3 is 4.74 Å². The Morgan fingerprint density at radius 3 is 2.71 bits per heavy atom. The zero-order valence-corrected chi connectivity index (χ0v) is 9.78. The van der Waals surface area contributed by atoms with Crippen molar-refractivity contribution < 1.29 is 9.53 Å². The van der Waals surface area contributed by atoms with Crippen LogP contribution in [0.5, 0.6) is 0 Å². The van der Waals surface area contributed by atoms with Gasteiger partial charge in [-0.2, -0.15) is 11.8 Å². The van der Waals surface area contributed by atoms with Crippen LogP contribution in [0.15, 0.2) is 0 Å². The van der Waals surface area contributed by atoms with Crippen LogP contribution in [-0.4, -0.2) is 23.6 Å². The fourth-order valence-corrected chi connectivity index (χ4v) is 2.62. The fraction of sp³-hybridized carbons (Fsp3) is 0.909. The Balaban J connectivity index is 2.06. The standard InChI is InChI=1S/C11H20O2S/c1-2-3-4-5-11(12)13-10-6-8-14-9-7-10/h10H,2-9H2,1H3. The first-order chi connectivity index (χ1) is 6.83. The summed E-state index contributed by atoms with van der Waals surface area (Å²) in [5.41, 5.74) is 0. The van der Waals surface area contributed by atoms with E-state index in [1.807, 2.05) is 11.8 Å². The summed E-state index contributed by atoms with van der Waals surface area (Å²) in [4.78, 5) is 11.4. The number of thioether (sulfide) groups is 1. The highest BCUT2D eigenvalue weighted by molar-refractivity contribution is 7.99. The van der Waals surface area contributed by atoms with Crippen molar-refractivity contribution in [2.24, 2.45) is 0 Å². The van der Waals surface area contributed by atoms with Crippen LogP contribution in [0.25, 0.3) is 0 Å². The van der Waals surface area contributed by atoms with E-state index in [0.717, 1.165) is 43.6 Å². The van der Waals surface area contributed by atoms with Gasteiger partial charge in [0, 0.05) is 6.42 Å². The highest BCUT2D eigenvalue weighted by Crippen LogP contribution is 2.20. The Morgan fingerprint density at radius 2 is 2.07 bits per heavy atom. The Morgan fingerprint density at radius 1 is 1.36 bits per heavy atom. The molecule has 1 heterocycles. The molecule has 0 spiro atoms. The van der Waals surface area contributed by atoms with E-state index >= 15 is 0 Å². The highest BCUT2D eigenvalue weighted by atomic mass is 32.2. The molecular weight excluding hydrogens is 196 g/mol. The molecule has 82 valence electrons. The minimum absolute atomic E-state index is 0.00958. The van der Waals surface area contributed by atoms with Gasteiger partial charge in [-0.05, 0) is 30.8 Å². The molecular formula is C11H20O2S. The molecule has 1 rings (SSSR count). The third-order valence-electron chi connectivity index (χ3n) is 2.45. The van der Waals surface area contributed by atoms with E-state index in [4.69, 9.17) is 4.74 Å². The molecule has 1 fully saturated rings. The minimum Gasteiger partial charge on any atom is -0.462 e. The quantitative estimate of drug-likeness (QED) is 0.522. The Bertz CT molecular complexity index is 165. The minimum atomic E-state index is 0.00958. The van der Waals surface area contributed by atoms with Crippen LogP contribution in [0.2, 0.25) is 0 Å². The van der Waals surface area contributed by atoms with Gasteiger partial charge in [0.25, 0.3) is 0 Å². The van der Waals surface area contributed by atoms with Crippen LogP contribution in [-0.2, 0) is 9.53 Å². The summed E-state index contributed by atoms with van der Waals surface area (Å²) >= 11 is 1.96. The number of unbranched alkanes of at least 4 members (excludes halogenated alkanes) is 2. The van der Waals surface area contributed by atoms with Crippen LogP contribution in [0.4, 0.5) is 0 Å². The van der Waals surface area contributed by atoms with Gasteiger partial charge in [0.2, 0.25) is 0 Å². The number of hydrogen-bond acceptors (Lipinski definition) is 3. The molecule has 14 heavy (non-hydrogen) atoms. The van der Waals surface area contributed by atoms with Crippen LogP contribution >= 0.6 is 11.8 Å². The summed E-state index contributed by atoms with van der Waals surface area (Å²) in [5, 5.41) is 0. The summed E-state index contributed by atoms with van der Waals surface area (Å²) < 4.78 is 5.39. The molecule has 0 aromatic carbocycles. The van der Waals surface area contributed by atoms with E-state index in [1.54, 1.807) is 0 Å². The van der Waals surface area contributed by atoms with Crippen molar-refractivity contribution in [2.75, 3.05) is 11.5 Å². The summed E-state index contributed by atoms with van der Waals surface area (Å²) in [7, 11) is 0. The van der Waals surface area contributed by atoms with Gasteiger partial charge >= 0.3 is 5.97 Å². The van der Waals surface area contributed by atoms with Gasteiger partial charge in [0.05, 0.1) is 0 Å². The first-order valence-electron chi connectivity index (χ1n) is 5.60. The predicted octanol–water partition coefficient (Wildman–Crippen LogP) is 3.01. The maximum Gasteiger partial charge on any atom is 0.306 e. The van der Waals surface area contributed by atoms with Crippen molar-refractivity contribution in [2.45, 2.75) is 51.6 Å². The zero-order valence-electron chi connectivity index (χ0n) is 8.96. The zero-order chi connectivity index (χ0) is 10.2. The largest absolute Gasteiger partial charge is 0.462 e. The Labute approximate surface area is 90.8 Å². The van der Waals surface area contributed by atoms with E-state index in [2.05, 4.69) is 6.92 Å². The third kappa shape index (κ3) is 4.89. The van der Waals surface area contributed by atoms with Gasteiger partial charge in [-0.25, -0.2) is 0 Å². The van der Waals surface area contributed by atoms with E-state index in [0.29, 0.717) is 6.42 Å². The summed E-state index contributed by atoms with van der Waals surface area (Å²) in [6.07, 6.45) is 6.19. The smallest absolute Gasteiger partial charge is 0.306 e. The summed E-state index contributed by atoms with van der Waals surface area (Å²) in [5.74, 6) is 2.30. The molecule has 1 aliphatic heterocycles. The number of rotatable bonds is 5. The van der Waals surface area contributed by atoms with Crippen LogP contribution in [0, 0.1) is 0 Å². The predicted molar refractivity (Wildman–Crippen MR) is 60.6 cm³/mol. The second-order valence-electron chi connectivity index (χ2n) is 3.76. The second-order valence-corrected chi connectivity index (χ2v) is 4.98. The molecule has 0 unspecified atom stereocenters. The lowest BCUT2D eigenvalue weighted by Crippen LogP contribution is -2.22. The molecule has 1 aliphatic rings. The molecule has 0 atom stereocenters.